The molecule has 0 bridgehead atoms. The van der Waals surface area contributed by atoms with E-state index in [0.29, 0.717) is 0 Å². The van der Waals surface area contributed by atoms with Crippen molar-refractivity contribution in [1.82, 2.24) is 5.32 Å². The first-order chi connectivity index (χ1) is 11.0. The van der Waals surface area contributed by atoms with Crippen molar-refractivity contribution in [2.45, 2.75) is 89.9 Å². The van der Waals surface area contributed by atoms with Crippen molar-refractivity contribution in [1.29, 1.82) is 0 Å². The second-order valence-corrected chi connectivity index (χ2v) is 7.06. The number of rotatable bonds is 1. The Morgan fingerprint density at radius 3 is 2.27 bits per heavy atom. The molecule has 22 heavy (non-hydrogen) atoms. The van der Waals surface area contributed by atoms with Gasteiger partial charge in [0.25, 0.3) is 0 Å². The van der Waals surface area contributed by atoms with Gasteiger partial charge in [0.15, 0.2) is 11.9 Å². The lowest BCUT2D eigenvalue weighted by molar-refractivity contribution is -0.477. The molecule has 2 aliphatic rings. The second-order valence-electron chi connectivity index (χ2n) is 7.06. The van der Waals surface area contributed by atoms with Crippen LogP contribution in [0.5, 0.6) is 0 Å². The average molecular weight is 306 g/mol. The van der Waals surface area contributed by atoms with Gasteiger partial charge in [-0.25, -0.2) is 4.58 Å². The van der Waals surface area contributed by atoms with Gasteiger partial charge in [-0.2, -0.15) is 0 Å². The van der Waals surface area contributed by atoms with Gasteiger partial charge in [0, 0.05) is 12.8 Å². The Balaban J connectivity index is 1.97. The molecule has 1 aliphatic carbocycles. The van der Waals surface area contributed by atoms with Crippen molar-refractivity contribution >= 4 is 6.21 Å². The summed E-state index contributed by atoms with van der Waals surface area (Å²) < 4.78 is 2.59. The third-order valence-corrected chi connectivity index (χ3v) is 5.09. The van der Waals surface area contributed by atoms with E-state index >= 15 is 0 Å². The first-order valence-corrected chi connectivity index (χ1v) is 9.96. The molecule has 0 aromatic heterocycles. The van der Waals surface area contributed by atoms with E-state index in [4.69, 9.17) is 0 Å². The van der Waals surface area contributed by atoms with Crippen molar-refractivity contribution in [2.24, 2.45) is 0 Å². The van der Waals surface area contributed by atoms with Crippen LogP contribution in [-0.4, -0.2) is 30.4 Å². The molecule has 0 saturated heterocycles. The average Bonchev–Trinajstić information content (AvgIpc) is 2.64. The molecule has 0 saturated carbocycles. The minimum atomic E-state index is 1.04. The molecule has 1 aliphatic heterocycles. The summed E-state index contributed by atoms with van der Waals surface area (Å²) in [5.74, 6) is 0. The monoisotopic (exact) mass is 305 g/mol. The quantitative estimate of drug-likeness (QED) is 0.671. The number of hydrogen-bond donors (Lipinski definition) is 1. The molecule has 2 heteroatoms. The Morgan fingerprint density at radius 1 is 0.727 bits per heavy atom. The Bertz CT molecular complexity index is 310. The first-order valence-electron chi connectivity index (χ1n) is 9.96. The van der Waals surface area contributed by atoms with Gasteiger partial charge in [0.2, 0.25) is 0 Å². The SMILES string of the molecule is C1=C([N+]2=CCNCCCCCCC2)CCCCCCCCC1. The van der Waals surface area contributed by atoms with E-state index in [1.807, 2.05) is 0 Å². The molecule has 0 spiro atoms. The van der Waals surface area contributed by atoms with E-state index in [0.717, 1.165) is 6.54 Å². The smallest absolute Gasteiger partial charge is 0.177 e. The Labute approximate surface area is 138 Å². The molecular weight excluding hydrogens is 268 g/mol. The lowest BCUT2D eigenvalue weighted by Gasteiger charge is -2.08. The van der Waals surface area contributed by atoms with Gasteiger partial charge in [0.1, 0.15) is 6.54 Å². The summed E-state index contributed by atoms with van der Waals surface area (Å²) in [5, 5.41) is 3.59. The fraction of sp³-hybridized carbons (Fsp3) is 0.850. The van der Waals surface area contributed by atoms with Crippen LogP contribution in [0.1, 0.15) is 89.9 Å². The van der Waals surface area contributed by atoms with Crippen molar-refractivity contribution in [3.8, 4) is 0 Å². The maximum atomic E-state index is 3.59. The summed E-state index contributed by atoms with van der Waals surface area (Å²) in [6, 6.07) is 0. The number of nitrogens with one attached hydrogen (secondary N) is 1. The third-order valence-electron chi connectivity index (χ3n) is 5.09. The minimum Gasteiger partial charge on any atom is -0.308 e. The molecular formula is C20H37N2+. The largest absolute Gasteiger partial charge is 0.308 e. The van der Waals surface area contributed by atoms with Crippen molar-refractivity contribution < 1.29 is 4.58 Å². The molecule has 2 nitrogen and oxygen atoms in total. The molecule has 0 aromatic carbocycles. The van der Waals surface area contributed by atoms with Crippen LogP contribution in [0, 0.1) is 0 Å². The standard InChI is InChI=1S/C20H37N2/c1-2-4-7-11-15-20(14-10-6-3-1)22-18-13-9-5-8-12-16-21-17-19-22/h14,19,21H,1-13,15-18H2/q+1. The molecule has 1 N–H and O–H groups in total. The lowest BCUT2D eigenvalue weighted by Crippen LogP contribution is -2.24. The van der Waals surface area contributed by atoms with Crippen molar-refractivity contribution in [3.05, 3.63) is 11.8 Å². The van der Waals surface area contributed by atoms with Gasteiger partial charge in [-0.3, -0.25) is 0 Å². The zero-order valence-corrected chi connectivity index (χ0v) is 14.6. The van der Waals surface area contributed by atoms with Crippen LogP contribution in [0.4, 0.5) is 0 Å². The van der Waals surface area contributed by atoms with Gasteiger partial charge >= 0.3 is 0 Å². The summed E-state index contributed by atoms with van der Waals surface area (Å²) in [6.45, 7) is 3.45. The number of allylic oxidation sites excluding steroid dienone is 2. The zero-order valence-electron chi connectivity index (χ0n) is 14.6. The highest BCUT2D eigenvalue weighted by Gasteiger charge is 2.13. The highest BCUT2D eigenvalue weighted by atomic mass is 15.0. The van der Waals surface area contributed by atoms with Crippen LogP contribution in [0.15, 0.2) is 11.8 Å². The molecule has 0 amide bonds. The Hall–Kier alpha value is -0.630. The number of nitrogens with zero attached hydrogens (tertiary/aromatic N) is 1. The Kier molecular flexibility index (Phi) is 9.56. The van der Waals surface area contributed by atoms with Gasteiger partial charge < -0.3 is 5.32 Å². The van der Waals surface area contributed by atoms with E-state index in [9.17, 15) is 0 Å². The van der Waals surface area contributed by atoms with Gasteiger partial charge in [0.05, 0.1) is 6.54 Å². The maximum Gasteiger partial charge on any atom is 0.177 e. The molecule has 0 unspecified atom stereocenters. The molecule has 1 heterocycles. The van der Waals surface area contributed by atoms with Gasteiger partial charge in [-0.15, -0.1) is 0 Å². The van der Waals surface area contributed by atoms with Crippen molar-refractivity contribution in [3.63, 3.8) is 0 Å². The summed E-state index contributed by atoms with van der Waals surface area (Å²) in [5.41, 5.74) is 1.61. The van der Waals surface area contributed by atoms with E-state index < -0.39 is 0 Å². The maximum absolute atomic E-state index is 3.59. The first kappa shape index (κ1) is 17.7. The molecule has 0 fully saturated rings. The molecule has 0 atom stereocenters. The van der Waals surface area contributed by atoms with E-state index in [1.165, 1.54) is 103 Å². The summed E-state index contributed by atoms with van der Waals surface area (Å²) in [7, 11) is 0. The van der Waals surface area contributed by atoms with Crippen molar-refractivity contribution in [2.75, 3.05) is 19.6 Å². The van der Waals surface area contributed by atoms with Crippen LogP contribution >= 0.6 is 0 Å². The molecule has 0 aromatic rings. The topological polar surface area (TPSA) is 15.0 Å². The molecule has 0 radical (unpaired) electrons. The van der Waals surface area contributed by atoms with Crippen LogP contribution in [0.25, 0.3) is 0 Å². The van der Waals surface area contributed by atoms with E-state index in [2.05, 4.69) is 22.2 Å². The predicted molar refractivity (Wildman–Crippen MR) is 96.8 cm³/mol. The zero-order chi connectivity index (χ0) is 15.3. The van der Waals surface area contributed by atoms with E-state index in [-0.39, 0.29) is 0 Å². The van der Waals surface area contributed by atoms with Crippen LogP contribution in [-0.2, 0) is 0 Å². The van der Waals surface area contributed by atoms with E-state index in [1.54, 1.807) is 5.70 Å². The highest BCUT2D eigenvalue weighted by molar-refractivity contribution is 5.54. The number of hydrogen-bond acceptors (Lipinski definition) is 1. The molecule has 126 valence electrons. The Morgan fingerprint density at radius 2 is 1.41 bits per heavy atom. The highest BCUT2D eigenvalue weighted by Crippen LogP contribution is 2.18. The van der Waals surface area contributed by atoms with Crippen LogP contribution < -0.4 is 5.32 Å². The normalized spacial score (nSPS) is 24.4. The van der Waals surface area contributed by atoms with Gasteiger partial charge in [-0.1, -0.05) is 44.9 Å². The fourth-order valence-electron chi connectivity index (χ4n) is 3.66. The van der Waals surface area contributed by atoms with Crippen LogP contribution in [0.2, 0.25) is 0 Å². The van der Waals surface area contributed by atoms with Crippen LogP contribution in [0.3, 0.4) is 0 Å². The molecule has 2 rings (SSSR count). The summed E-state index contributed by atoms with van der Waals surface area (Å²) in [4.78, 5) is 0. The summed E-state index contributed by atoms with van der Waals surface area (Å²) in [6.07, 6.45) is 24.4. The minimum absolute atomic E-state index is 1.04. The fourth-order valence-corrected chi connectivity index (χ4v) is 3.66. The summed E-state index contributed by atoms with van der Waals surface area (Å²) >= 11 is 0. The second kappa shape index (κ2) is 11.9. The lowest BCUT2D eigenvalue weighted by atomic mass is 10.1. The third kappa shape index (κ3) is 7.58. The predicted octanol–water partition coefficient (Wildman–Crippen LogP) is 5.03. The van der Waals surface area contributed by atoms with Gasteiger partial charge in [-0.05, 0) is 44.7 Å².